The van der Waals surface area contributed by atoms with Crippen LogP contribution in [-0.2, 0) is 6.54 Å². The van der Waals surface area contributed by atoms with Gasteiger partial charge in [-0.15, -0.1) is 0 Å². The lowest BCUT2D eigenvalue weighted by molar-refractivity contribution is 0.0698. The number of nitrogens with zero attached hydrogens (tertiary/aromatic N) is 1. The van der Waals surface area contributed by atoms with Gasteiger partial charge in [-0.1, -0.05) is 30.3 Å². The second-order valence-electron chi connectivity index (χ2n) is 6.76. The highest BCUT2D eigenvalue weighted by Gasteiger charge is 2.25. The molecule has 1 aliphatic rings. The van der Waals surface area contributed by atoms with Gasteiger partial charge in [-0.2, -0.15) is 0 Å². The first-order chi connectivity index (χ1) is 12.6. The van der Waals surface area contributed by atoms with Crippen molar-refractivity contribution in [2.45, 2.75) is 32.4 Å². The molecule has 2 aromatic rings. The van der Waals surface area contributed by atoms with Crippen molar-refractivity contribution in [2.24, 2.45) is 5.73 Å². The molecule has 0 atom stereocenters. The average molecular weight is 351 g/mol. The number of nitrogens with two attached hydrogens (primary N) is 1. The number of carbonyl (C=O) groups excluding carboxylic acids is 2. The van der Waals surface area contributed by atoms with Crippen LogP contribution in [0.5, 0.6) is 0 Å². The van der Waals surface area contributed by atoms with Crippen molar-refractivity contribution in [3.63, 3.8) is 0 Å². The van der Waals surface area contributed by atoms with Crippen LogP contribution in [0.1, 0.15) is 44.7 Å². The molecule has 2 amide bonds. The Hall–Kier alpha value is -2.66. The van der Waals surface area contributed by atoms with Gasteiger partial charge in [0.2, 0.25) is 0 Å². The van der Waals surface area contributed by atoms with Crippen LogP contribution in [0.2, 0.25) is 0 Å². The second-order valence-corrected chi connectivity index (χ2v) is 6.76. The predicted molar refractivity (Wildman–Crippen MR) is 102 cm³/mol. The van der Waals surface area contributed by atoms with Gasteiger partial charge in [-0.05, 0) is 49.1 Å². The number of nitrogens with one attached hydrogen (secondary N) is 1. The van der Waals surface area contributed by atoms with Crippen molar-refractivity contribution in [3.8, 4) is 0 Å². The van der Waals surface area contributed by atoms with E-state index >= 15 is 0 Å². The Kier molecular flexibility index (Phi) is 5.68. The van der Waals surface area contributed by atoms with E-state index in [1.54, 1.807) is 0 Å². The molecule has 5 nitrogen and oxygen atoms in total. The molecule has 0 unspecified atom stereocenters. The number of hydrogen-bond donors (Lipinski definition) is 2. The summed E-state index contributed by atoms with van der Waals surface area (Å²) in [7, 11) is 0. The standard InChI is InChI=1S/C21H25N3O2/c1-15-4-2-3-5-19(15)20(25)23-18-10-12-24(13-11-18)21(26)17-8-6-16(14-22)7-9-17/h2-9,18H,10-14,22H2,1H3,(H,23,25). The van der Waals surface area contributed by atoms with E-state index in [4.69, 9.17) is 5.73 Å². The molecule has 1 heterocycles. The quantitative estimate of drug-likeness (QED) is 0.889. The smallest absolute Gasteiger partial charge is 0.253 e. The van der Waals surface area contributed by atoms with Gasteiger partial charge in [-0.3, -0.25) is 9.59 Å². The Bertz CT molecular complexity index is 778. The molecule has 3 N–H and O–H groups in total. The molecule has 136 valence electrons. The Morgan fingerprint density at radius 1 is 1.08 bits per heavy atom. The van der Waals surface area contributed by atoms with Crippen LogP contribution in [-0.4, -0.2) is 35.8 Å². The van der Waals surface area contributed by atoms with Gasteiger partial charge in [0.25, 0.3) is 11.8 Å². The minimum absolute atomic E-state index is 0.0368. The van der Waals surface area contributed by atoms with E-state index < -0.39 is 0 Å². The summed E-state index contributed by atoms with van der Waals surface area (Å²) in [5.74, 6) is 0.00232. The van der Waals surface area contributed by atoms with Crippen molar-refractivity contribution >= 4 is 11.8 Å². The first kappa shape index (κ1) is 18.1. The van der Waals surface area contributed by atoms with Crippen molar-refractivity contribution in [1.29, 1.82) is 0 Å². The molecule has 0 spiro atoms. The summed E-state index contributed by atoms with van der Waals surface area (Å²) in [4.78, 5) is 26.9. The SMILES string of the molecule is Cc1ccccc1C(=O)NC1CCN(C(=O)c2ccc(CN)cc2)CC1. The number of carbonyl (C=O) groups is 2. The largest absolute Gasteiger partial charge is 0.349 e. The lowest BCUT2D eigenvalue weighted by Gasteiger charge is -2.32. The zero-order chi connectivity index (χ0) is 18.5. The monoisotopic (exact) mass is 351 g/mol. The van der Waals surface area contributed by atoms with Gasteiger partial charge in [0.15, 0.2) is 0 Å². The van der Waals surface area contributed by atoms with E-state index in [0.29, 0.717) is 30.8 Å². The normalized spacial score (nSPS) is 14.9. The van der Waals surface area contributed by atoms with Crippen molar-refractivity contribution in [2.75, 3.05) is 13.1 Å². The van der Waals surface area contributed by atoms with Crippen LogP contribution < -0.4 is 11.1 Å². The fraction of sp³-hybridized carbons (Fsp3) is 0.333. The van der Waals surface area contributed by atoms with E-state index in [-0.39, 0.29) is 17.9 Å². The maximum atomic E-state index is 12.6. The Balaban J connectivity index is 1.54. The van der Waals surface area contributed by atoms with Crippen molar-refractivity contribution in [1.82, 2.24) is 10.2 Å². The molecule has 0 aromatic heterocycles. The van der Waals surface area contributed by atoms with E-state index in [1.807, 2.05) is 60.4 Å². The Morgan fingerprint density at radius 2 is 1.73 bits per heavy atom. The van der Waals surface area contributed by atoms with E-state index in [1.165, 1.54) is 0 Å². The summed E-state index contributed by atoms with van der Waals surface area (Å²) in [5.41, 5.74) is 8.98. The molecule has 0 aliphatic carbocycles. The topological polar surface area (TPSA) is 75.4 Å². The zero-order valence-electron chi connectivity index (χ0n) is 15.1. The average Bonchev–Trinajstić information content (AvgIpc) is 2.68. The zero-order valence-corrected chi connectivity index (χ0v) is 15.1. The lowest BCUT2D eigenvalue weighted by atomic mass is 10.0. The van der Waals surface area contributed by atoms with Crippen LogP contribution in [0.3, 0.4) is 0 Å². The van der Waals surface area contributed by atoms with Crippen molar-refractivity contribution < 1.29 is 9.59 Å². The number of hydrogen-bond acceptors (Lipinski definition) is 3. The summed E-state index contributed by atoms with van der Waals surface area (Å²) in [5, 5.41) is 3.10. The summed E-state index contributed by atoms with van der Waals surface area (Å²) >= 11 is 0. The molecular weight excluding hydrogens is 326 g/mol. The number of aryl methyl sites for hydroxylation is 1. The van der Waals surface area contributed by atoms with Gasteiger partial charge in [0, 0.05) is 36.8 Å². The number of piperidine rings is 1. The number of likely N-dealkylation sites (tertiary alicyclic amines) is 1. The molecule has 3 rings (SSSR count). The molecule has 0 bridgehead atoms. The first-order valence-electron chi connectivity index (χ1n) is 9.03. The maximum absolute atomic E-state index is 12.6. The molecule has 0 radical (unpaired) electrons. The van der Waals surface area contributed by atoms with E-state index in [9.17, 15) is 9.59 Å². The molecule has 5 heteroatoms. The molecule has 0 saturated carbocycles. The highest BCUT2D eigenvalue weighted by Crippen LogP contribution is 2.16. The molecule has 1 aliphatic heterocycles. The van der Waals surface area contributed by atoms with Crippen molar-refractivity contribution in [3.05, 3.63) is 70.8 Å². The highest BCUT2D eigenvalue weighted by atomic mass is 16.2. The van der Waals surface area contributed by atoms with Gasteiger partial charge >= 0.3 is 0 Å². The summed E-state index contributed by atoms with van der Waals surface area (Å²) in [6.45, 7) is 3.71. The van der Waals surface area contributed by atoms with E-state index in [0.717, 1.165) is 24.0 Å². The van der Waals surface area contributed by atoms with Crippen LogP contribution in [0, 0.1) is 6.92 Å². The number of benzene rings is 2. The van der Waals surface area contributed by atoms with Gasteiger partial charge < -0.3 is 16.0 Å². The van der Waals surface area contributed by atoms with Gasteiger partial charge in [0.05, 0.1) is 0 Å². The maximum Gasteiger partial charge on any atom is 0.253 e. The Labute approximate surface area is 154 Å². The number of rotatable bonds is 4. The Morgan fingerprint density at radius 3 is 2.35 bits per heavy atom. The van der Waals surface area contributed by atoms with Crippen LogP contribution in [0.15, 0.2) is 48.5 Å². The lowest BCUT2D eigenvalue weighted by Crippen LogP contribution is -2.46. The summed E-state index contributed by atoms with van der Waals surface area (Å²) < 4.78 is 0. The van der Waals surface area contributed by atoms with Crippen LogP contribution in [0.4, 0.5) is 0 Å². The molecule has 2 aromatic carbocycles. The predicted octanol–water partition coefficient (Wildman–Crippen LogP) is 2.49. The van der Waals surface area contributed by atoms with Gasteiger partial charge in [0.1, 0.15) is 0 Å². The third-order valence-electron chi connectivity index (χ3n) is 4.94. The second kappa shape index (κ2) is 8.15. The minimum atomic E-state index is -0.0368. The number of amides is 2. The fourth-order valence-electron chi connectivity index (χ4n) is 3.28. The summed E-state index contributed by atoms with van der Waals surface area (Å²) in [6.07, 6.45) is 1.54. The fourth-order valence-corrected chi connectivity index (χ4v) is 3.28. The van der Waals surface area contributed by atoms with Crippen LogP contribution >= 0.6 is 0 Å². The van der Waals surface area contributed by atoms with Crippen LogP contribution in [0.25, 0.3) is 0 Å². The highest BCUT2D eigenvalue weighted by molar-refractivity contribution is 5.96. The molecule has 1 saturated heterocycles. The molecular formula is C21H25N3O2. The molecule has 1 fully saturated rings. The summed E-state index contributed by atoms with van der Waals surface area (Å²) in [6, 6.07) is 15.1. The minimum Gasteiger partial charge on any atom is -0.349 e. The van der Waals surface area contributed by atoms with E-state index in [2.05, 4.69) is 5.32 Å². The molecule has 26 heavy (non-hydrogen) atoms. The van der Waals surface area contributed by atoms with Gasteiger partial charge in [-0.25, -0.2) is 0 Å². The third kappa shape index (κ3) is 4.11. The first-order valence-corrected chi connectivity index (χ1v) is 9.03. The third-order valence-corrected chi connectivity index (χ3v) is 4.94.